The number of phenolic OH excluding ortho intramolecular Hbond substituents is 2. The molecule has 0 heterocycles. The number of benzene rings is 2. The molecule has 0 saturated carbocycles. The van der Waals surface area contributed by atoms with Crippen molar-refractivity contribution in [2.24, 2.45) is 0 Å². The number of hydrogen-bond acceptors (Lipinski definition) is 3. The van der Waals surface area contributed by atoms with Gasteiger partial charge in [0.05, 0.1) is 11.8 Å². The van der Waals surface area contributed by atoms with Crippen LogP contribution < -0.4 is 0 Å². The van der Waals surface area contributed by atoms with Crippen molar-refractivity contribution in [3.63, 3.8) is 0 Å². The van der Waals surface area contributed by atoms with Gasteiger partial charge in [-0.25, -0.2) is 0 Å². The summed E-state index contributed by atoms with van der Waals surface area (Å²) in [5, 5.41) is 21.7. The third-order valence-electron chi connectivity index (χ3n) is 6.67. The normalized spacial score (nSPS) is 13.8. The van der Waals surface area contributed by atoms with Gasteiger partial charge in [0.2, 0.25) is 0 Å². The summed E-state index contributed by atoms with van der Waals surface area (Å²) in [6, 6.07) is 8.14. The van der Waals surface area contributed by atoms with Crippen LogP contribution in [-0.2, 0) is 4.79 Å². The fourth-order valence-corrected chi connectivity index (χ4v) is 6.36. The largest absolute Gasteiger partial charge is 0.507 e. The standard InChI is InChI=1S/C29H40I2O3/c1-15(2)21-9-19(10-22(16(3)4)27(21)32)25(13-30)29(34)26(14-31)20-11-23(17(5)6)28(33)24(12-20)18(7)8/h9-12,15-18,25-26,32-33H,13-14H2,1-8H3. The highest BCUT2D eigenvalue weighted by Crippen LogP contribution is 2.41. The Balaban J connectivity index is 2.64. The average Bonchev–Trinajstić information content (AvgIpc) is 2.75. The zero-order valence-electron chi connectivity index (χ0n) is 21.7. The van der Waals surface area contributed by atoms with Crippen molar-refractivity contribution in [1.82, 2.24) is 0 Å². The van der Waals surface area contributed by atoms with Gasteiger partial charge >= 0.3 is 0 Å². The molecule has 0 aliphatic rings. The van der Waals surface area contributed by atoms with Gasteiger partial charge in [0.25, 0.3) is 0 Å². The van der Waals surface area contributed by atoms with E-state index in [2.05, 4.69) is 101 Å². The maximum atomic E-state index is 14.1. The summed E-state index contributed by atoms with van der Waals surface area (Å²) in [7, 11) is 0. The van der Waals surface area contributed by atoms with Crippen molar-refractivity contribution in [1.29, 1.82) is 0 Å². The number of ketones is 1. The number of halogens is 2. The van der Waals surface area contributed by atoms with Gasteiger partial charge in [0.1, 0.15) is 17.3 Å². The minimum absolute atomic E-state index is 0.169. The third-order valence-corrected chi connectivity index (χ3v) is 8.43. The lowest BCUT2D eigenvalue weighted by Crippen LogP contribution is -2.24. The molecule has 2 rings (SSSR count). The maximum absolute atomic E-state index is 14.1. The number of Topliss-reactive ketones (excluding diaryl/α,β-unsaturated/α-hetero) is 1. The molecule has 2 aromatic carbocycles. The monoisotopic (exact) mass is 690 g/mol. The van der Waals surface area contributed by atoms with Crippen LogP contribution in [0.2, 0.25) is 0 Å². The van der Waals surface area contributed by atoms with Gasteiger partial charge in [-0.1, -0.05) is 125 Å². The SMILES string of the molecule is CC(C)c1cc(C(CI)C(=O)C(CI)c2cc(C(C)C)c(O)c(C(C)C)c2)cc(C(C)C)c1O. The zero-order chi connectivity index (χ0) is 25.9. The predicted molar refractivity (Wildman–Crippen MR) is 161 cm³/mol. The van der Waals surface area contributed by atoms with Crippen molar-refractivity contribution < 1.29 is 15.0 Å². The van der Waals surface area contributed by atoms with Crippen LogP contribution in [0.5, 0.6) is 11.5 Å². The first-order valence-electron chi connectivity index (χ1n) is 12.2. The van der Waals surface area contributed by atoms with Crippen LogP contribution in [0, 0.1) is 0 Å². The first kappa shape index (κ1) is 29.4. The van der Waals surface area contributed by atoms with Crippen LogP contribution in [0.25, 0.3) is 0 Å². The fourth-order valence-electron chi connectivity index (χ4n) is 4.47. The smallest absolute Gasteiger partial charge is 0.149 e. The van der Waals surface area contributed by atoms with Gasteiger partial charge in [-0.2, -0.15) is 0 Å². The Morgan fingerprint density at radius 3 is 1.03 bits per heavy atom. The van der Waals surface area contributed by atoms with Crippen LogP contribution in [-0.4, -0.2) is 24.9 Å². The average molecular weight is 690 g/mol. The van der Waals surface area contributed by atoms with Crippen molar-refractivity contribution in [2.75, 3.05) is 8.86 Å². The number of carbonyl (C=O) groups excluding carboxylic acids is 1. The summed E-state index contributed by atoms with van der Waals surface area (Å²) in [4.78, 5) is 14.1. The van der Waals surface area contributed by atoms with Crippen molar-refractivity contribution in [3.8, 4) is 11.5 Å². The Morgan fingerprint density at radius 2 is 0.853 bits per heavy atom. The Kier molecular flexibility index (Phi) is 10.7. The second-order valence-electron chi connectivity index (χ2n) is 10.5. The zero-order valence-corrected chi connectivity index (χ0v) is 26.1. The highest BCUT2D eigenvalue weighted by atomic mass is 127. The Hall–Kier alpha value is -0.830. The van der Waals surface area contributed by atoms with E-state index < -0.39 is 0 Å². The Labute approximate surface area is 233 Å². The van der Waals surface area contributed by atoms with Crippen LogP contribution in [0.15, 0.2) is 24.3 Å². The van der Waals surface area contributed by atoms with Gasteiger partial charge in [-0.15, -0.1) is 0 Å². The van der Waals surface area contributed by atoms with Crippen LogP contribution in [0.1, 0.15) is 124 Å². The minimum Gasteiger partial charge on any atom is -0.507 e. The van der Waals surface area contributed by atoms with E-state index in [4.69, 9.17) is 0 Å². The summed E-state index contributed by atoms with van der Waals surface area (Å²) in [5.41, 5.74) is 5.61. The lowest BCUT2D eigenvalue weighted by molar-refractivity contribution is -0.120. The van der Waals surface area contributed by atoms with E-state index >= 15 is 0 Å². The number of aromatic hydroxyl groups is 2. The maximum Gasteiger partial charge on any atom is 0.149 e. The lowest BCUT2D eigenvalue weighted by Gasteiger charge is -2.25. The van der Waals surface area contributed by atoms with Crippen molar-refractivity contribution >= 4 is 51.0 Å². The molecule has 0 radical (unpaired) electrons. The molecule has 0 bridgehead atoms. The van der Waals surface area contributed by atoms with E-state index in [1.165, 1.54) is 0 Å². The molecule has 188 valence electrons. The van der Waals surface area contributed by atoms with Gasteiger partial charge in [-0.05, 0) is 57.1 Å². The van der Waals surface area contributed by atoms with E-state index in [-0.39, 0.29) is 41.3 Å². The minimum atomic E-state index is -0.255. The number of alkyl halides is 2. The molecule has 2 unspecified atom stereocenters. The molecule has 0 amide bonds. The Bertz CT molecular complexity index is 871. The van der Waals surface area contributed by atoms with Crippen LogP contribution in [0.4, 0.5) is 0 Å². The van der Waals surface area contributed by atoms with Gasteiger partial charge < -0.3 is 10.2 Å². The number of rotatable bonds is 10. The van der Waals surface area contributed by atoms with E-state index in [0.29, 0.717) is 20.4 Å². The van der Waals surface area contributed by atoms with E-state index in [0.717, 1.165) is 33.4 Å². The molecule has 5 heteroatoms. The van der Waals surface area contributed by atoms with E-state index in [1.807, 2.05) is 24.3 Å². The highest BCUT2D eigenvalue weighted by Gasteiger charge is 2.31. The molecule has 2 N–H and O–H groups in total. The molecule has 0 fully saturated rings. The molecular formula is C29H40I2O3. The second-order valence-corrected chi connectivity index (χ2v) is 12.3. The molecule has 0 aliphatic heterocycles. The van der Waals surface area contributed by atoms with Crippen LogP contribution in [0.3, 0.4) is 0 Å². The van der Waals surface area contributed by atoms with Gasteiger partial charge in [-0.3, -0.25) is 4.79 Å². The lowest BCUT2D eigenvalue weighted by atomic mass is 9.80. The molecule has 0 aliphatic carbocycles. The first-order valence-corrected chi connectivity index (χ1v) is 15.3. The quantitative estimate of drug-likeness (QED) is 0.194. The summed E-state index contributed by atoms with van der Waals surface area (Å²) in [5.74, 6) is 1.09. The molecule has 0 saturated heterocycles. The topological polar surface area (TPSA) is 57.5 Å². The Morgan fingerprint density at radius 1 is 0.618 bits per heavy atom. The molecule has 3 nitrogen and oxygen atoms in total. The first-order chi connectivity index (χ1) is 15.8. The number of phenols is 2. The molecule has 34 heavy (non-hydrogen) atoms. The van der Waals surface area contributed by atoms with Gasteiger partial charge in [0.15, 0.2) is 0 Å². The number of hydrogen-bond donors (Lipinski definition) is 2. The van der Waals surface area contributed by atoms with Crippen molar-refractivity contribution in [2.45, 2.75) is 90.9 Å². The van der Waals surface area contributed by atoms with E-state index in [1.54, 1.807) is 0 Å². The van der Waals surface area contributed by atoms with Crippen LogP contribution >= 0.6 is 45.2 Å². The fraction of sp³-hybridized carbons (Fsp3) is 0.552. The molecular weight excluding hydrogens is 650 g/mol. The van der Waals surface area contributed by atoms with Gasteiger partial charge in [0, 0.05) is 8.86 Å². The molecule has 2 atom stereocenters. The number of carbonyl (C=O) groups is 1. The third kappa shape index (κ3) is 6.29. The summed E-state index contributed by atoms with van der Waals surface area (Å²) >= 11 is 4.64. The molecule has 0 spiro atoms. The predicted octanol–water partition coefficient (Wildman–Crippen LogP) is 8.90. The summed E-state index contributed by atoms with van der Waals surface area (Å²) in [6.07, 6.45) is 0. The molecule has 0 aromatic heterocycles. The summed E-state index contributed by atoms with van der Waals surface area (Å²) in [6.45, 7) is 16.6. The van der Waals surface area contributed by atoms with Crippen molar-refractivity contribution in [3.05, 3.63) is 57.6 Å². The van der Waals surface area contributed by atoms with E-state index in [9.17, 15) is 15.0 Å². The highest BCUT2D eigenvalue weighted by molar-refractivity contribution is 14.1. The second kappa shape index (κ2) is 12.4. The molecule has 2 aromatic rings. The summed E-state index contributed by atoms with van der Waals surface area (Å²) < 4.78 is 1.35.